The molecule has 0 radical (unpaired) electrons. The fraction of sp³-hybridized carbons (Fsp3) is 0.429. The Hall–Kier alpha value is -2.24. The maximum Gasteiger partial charge on any atom is 0.407 e. The van der Waals surface area contributed by atoms with Gasteiger partial charge in [0.15, 0.2) is 0 Å². The van der Waals surface area contributed by atoms with Gasteiger partial charge in [0.25, 0.3) is 0 Å². The van der Waals surface area contributed by atoms with E-state index >= 15 is 0 Å². The number of hydrogen-bond donors (Lipinski definition) is 2. The van der Waals surface area contributed by atoms with E-state index < -0.39 is 11.7 Å². The van der Waals surface area contributed by atoms with Crippen LogP contribution in [0.1, 0.15) is 18.4 Å². The first-order chi connectivity index (χ1) is 9.65. The van der Waals surface area contributed by atoms with Crippen LogP contribution < -0.4 is 10.6 Å². The number of carbonyl (C=O) groups is 2. The first-order valence-electron chi connectivity index (χ1n) is 6.59. The molecule has 2 aliphatic rings. The Kier molecular flexibility index (Phi) is 3.22. The van der Waals surface area contributed by atoms with Crippen molar-refractivity contribution in [3.05, 3.63) is 35.9 Å². The number of benzene rings is 1. The molecule has 0 aromatic heterocycles. The fourth-order valence-corrected chi connectivity index (χ4v) is 2.60. The highest BCUT2D eigenvalue weighted by molar-refractivity contribution is 5.71. The van der Waals surface area contributed by atoms with Crippen molar-refractivity contribution in [3.8, 4) is 0 Å². The quantitative estimate of drug-likeness (QED) is 0.878. The molecule has 6 heteroatoms. The lowest BCUT2D eigenvalue weighted by molar-refractivity contribution is -0.0287. The number of rotatable bonds is 3. The molecule has 2 N–H and O–H groups in total. The molecule has 1 aliphatic heterocycles. The molecule has 1 saturated carbocycles. The summed E-state index contributed by atoms with van der Waals surface area (Å²) in [5.41, 5.74) is 0.524. The van der Waals surface area contributed by atoms with Gasteiger partial charge >= 0.3 is 12.2 Å². The van der Waals surface area contributed by atoms with Crippen molar-refractivity contribution in [2.75, 3.05) is 6.54 Å². The van der Waals surface area contributed by atoms with E-state index in [0.717, 1.165) is 5.56 Å². The molecule has 3 rings (SSSR count). The Morgan fingerprint density at radius 1 is 1.40 bits per heavy atom. The molecule has 6 nitrogen and oxygen atoms in total. The van der Waals surface area contributed by atoms with E-state index in [4.69, 9.17) is 9.47 Å². The molecular formula is C14H16N2O4. The third kappa shape index (κ3) is 2.68. The van der Waals surface area contributed by atoms with Crippen LogP contribution in [0.2, 0.25) is 0 Å². The lowest BCUT2D eigenvalue weighted by Crippen LogP contribution is -2.57. The van der Waals surface area contributed by atoms with Gasteiger partial charge in [-0.05, 0) is 5.56 Å². The predicted octanol–water partition coefficient (Wildman–Crippen LogP) is 1.55. The lowest BCUT2D eigenvalue weighted by Gasteiger charge is -2.42. The van der Waals surface area contributed by atoms with Crippen molar-refractivity contribution >= 4 is 12.2 Å². The summed E-state index contributed by atoms with van der Waals surface area (Å²) in [5, 5.41) is 5.40. The van der Waals surface area contributed by atoms with E-state index in [9.17, 15) is 9.59 Å². The van der Waals surface area contributed by atoms with Crippen LogP contribution in [0.25, 0.3) is 0 Å². The third-order valence-corrected chi connectivity index (χ3v) is 3.64. The first-order valence-corrected chi connectivity index (χ1v) is 6.59. The van der Waals surface area contributed by atoms with E-state index in [1.807, 2.05) is 30.3 Å². The summed E-state index contributed by atoms with van der Waals surface area (Å²) in [5.74, 6) is 0. The molecular weight excluding hydrogens is 260 g/mol. The van der Waals surface area contributed by atoms with Gasteiger partial charge in [0.05, 0.1) is 6.54 Å². The summed E-state index contributed by atoms with van der Waals surface area (Å²) >= 11 is 0. The van der Waals surface area contributed by atoms with E-state index in [1.165, 1.54) is 0 Å². The number of ether oxygens (including phenoxy) is 2. The predicted molar refractivity (Wildman–Crippen MR) is 70.0 cm³/mol. The minimum Gasteiger partial charge on any atom is -0.445 e. The van der Waals surface area contributed by atoms with Crippen LogP contribution in [-0.2, 0) is 16.1 Å². The average Bonchev–Trinajstić information content (AvgIpc) is 2.79. The van der Waals surface area contributed by atoms with E-state index in [2.05, 4.69) is 10.6 Å². The molecule has 1 heterocycles. The number of alkyl carbamates (subject to hydrolysis) is 2. The molecule has 0 bridgehead atoms. The number of carbonyl (C=O) groups excluding carboxylic acids is 2. The van der Waals surface area contributed by atoms with Gasteiger partial charge in [-0.3, -0.25) is 0 Å². The van der Waals surface area contributed by atoms with Gasteiger partial charge in [-0.1, -0.05) is 30.3 Å². The van der Waals surface area contributed by atoms with Crippen LogP contribution in [0, 0.1) is 0 Å². The molecule has 0 unspecified atom stereocenters. The second-order valence-corrected chi connectivity index (χ2v) is 5.24. The Morgan fingerprint density at radius 2 is 2.15 bits per heavy atom. The van der Waals surface area contributed by atoms with Crippen LogP contribution in [0.5, 0.6) is 0 Å². The zero-order valence-electron chi connectivity index (χ0n) is 10.9. The Balaban J connectivity index is 1.39. The maximum atomic E-state index is 11.6. The molecule has 0 atom stereocenters. The monoisotopic (exact) mass is 276 g/mol. The largest absolute Gasteiger partial charge is 0.445 e. The van der Waals surface area contributed by atoms with Gasteiger partial charge < -0.3 is 20.1 Å². The SMILES string of the molecule is O=C(N[C@H]1C[C@]2(CNC(=O)O2)C1)OCc1ccccc1. The summed E-state index contributed by atoms with van der Waals surface area (Å²) in [6.45, 7) is 0.768. The van der Waals surface area contributed by atoms with Crippen LogP contribution >= 0.6 is 0 Å². The van der Waals surface area contributed by atoms with Crippen LogP contribution in [0.4, 0.5) is 9.59 Å². The zero-order chi connectivity index (χ0) is 14.0. The van der Waals surface area contributed by atoms with Crippen LogP contribution in [-0.4, -0.2) is 30.4 Å². The van der Waals surface area contributed by atoms with Crippen molar-refractivity contribution in [2.24, 2.45) is 0 Å². The summed E-state index contributed by atoms with van der Waals surface area (Å²) in [6.07, 6.45) is 0.444. The van der Waals surface area contributed by atoms with Crippen molar-refractivity contribution in [1.82, 2.24) is 10.6 Å². The number of hydrogen-bond acceptors (Lipinski definition) is 4. The molecule has 1 aromatic carbocycles. The van der Waals surface area contributed by atoms with Crippen molar-refractivity contribution in [3.63, 3.8) is 0 Å². The second-order valence-electron chi connectivity index (χ2n) is 5.24. The lowest BCUT2D eigenvalue weighted by atomic mass is 9.76. The highest BCUT2D eigenvalue weighted by Gasteiger charge is 2.51. The van der Waals surface area contributed by atoms with Crippen molar-refractivity contribution in [2.45, 2.75) is 31.1 Å². The number of nitrogens with one attached hydrogen (secondary N) is 2. The molecule has 2 amide bonds. The number of amides is 2. The maximum absolute atomic E-state index is 11.6. The third-order valence-electron chi connectivity index (χ3n) is 3.64. The Bertz CT molecular complexity index is 511. The highest BCUT2D eigenvalue weighted by Crippen LogP contribution is 2.38. The van der Waals surface area contributed by atoms with Gasteiger partial charge in [-0.15, -0.1) is 0 Å². The highest BCUT2D eigenvalue weighted by atomic mass is 16.6. The molecule has 106 valence electrons. The molecule has 1 aromatic rings. The molecule has 2 fully saturated rings. The van der Waals surface area contributed by atoms with Crippen LogP contribution in [0.3, 0.4) is 0 Å². The fourth-order valence-electron chi connectivity index (χ4n) is 2.60. The summed E-state index contributed by atoms with van der Waals surface area (Å²) in [7, 11) is 0. The van der Waals surface area contributed by atoms with Gasteiger partial charge in [0.2, 0.25) is 0 Å². The summed E-state index contributed by atoms with van der Waals surface area (Å²) in [6, 6.07) is 9.51. The summed E-state index contributed by atoms with van der Waals surface area (Å²) in [4.78, 5) is 22.6. The minimum absolute atomic E-state index is 0.00553. The molecule has 20 heavy (non-hydrogen) atoms. The van der Waals surface area contributed by atoms with Gasteiger partial charge in [-0.2, -0.15) is 0 Å². The Morgan fingerprint density at radius 3 is 2.80 bits per heavy atom. The van der Waals surface area contributed by atoms with E-state index in [1.54, 1.807) is 0 Å². The molecule has 1 saturated heterocycles. The van der Waals surface area contributed by atoms with Crippen molar-refractivity contribution < 1.29 is 19.1 Å². The second kappa shape index (κ2) is 5.03. The first kappa shape index (κ1) is 12.8. The zero-order valence-corrected chi connectivity index (χ0v) is 10.9. The molecule has 1 spiro atoms. The molecule has 1 aliphatic carbocycles. The standard InChI is InChI=1S/C14H16N2O4/c17-12-15-9-14(20-12)6-11(7-14)16-13(18)19-8-10-4-2-1-3-5-10/h1-5,11H,6-9H2,(H,15,17)(H,16,18)/t11-,14+. The normalized spacial score (nSPS) is 27.4. The van der Waals surface area contributed by atoms with Gasteiger partial charge in [0, 0.05) is 18.9 Å². The topological polar surface area (TPSA) is 76.7 Å². The summed E-state index contributed by atoms with van der Waals surface area (Å²) < 4.78 is 10.3. The van der Waals surface area contributed by atoms with Crippen molar-refractivity contribution in [1.29, 1.82) is 0 Å². The minimum atomic E-state index is -0.439. The van der Waals surface area contributed by atoms with E-state index in [-0.39, 0.29) is 18.7 Å². The van der Waals surface area contributed by atoms with Gasteiger partial charge in [0.1, 0.15) is 12.2 Å². The average molecular weight is 276 g/mol. The van der Waals surface area contributed by atoms with E-state index in [0.29, 0.717) is 19.4 Å². The Labute approximate surface area is 116 Å². The van der Waals surface area contributed by atoms with Gasteiger partial charge in [-0.25, -0.2) is 9.59 Å². The smallest absolute Gasteiger partial charge is 0.407 e. The van der Waals surface area contributed by atoms with Crippen LogP contribution in [0.15, 0.2) is 30.3 Å².